The summed E-state index contributed by atoms with van der Waals surface area (Å²) >= 11 is 6.03. The maximum absolute atomic E-state index is 11.9. The second-order valence-electron chi connectivity index (χ2n) is 4.64. The van der Waals surface area contributed by atoms with Crippen LogP contribution in [0.4, 0.5) is 5.69 Å². The predicted molar refractivity (Wildman–Crippen MR) is 93.6 cm³/mol. The molecule has 0 aliphatic carbocycles. The Labute approximate surface area is 136 Å². The molecule has 0 aliphatic rings. The molecule has 1 rings (SSSR count). The number of anilines is 1. The maximum atomic E-state index is 11.9. The van der Waals surface area contributed by atoms with Crippen LogP contribution < -0.4 is 16.0 Å². The number of benzene rings is 1. The zero-order valence-electron chi connectivity index (χ0n) is 13.1. The molecule has 0 fully saturated rings. The average molecular weight is 323 g/mol. The highest BCUT2D eigenvalue weighted by Gasteiger charge is 2.06. The van der Waals surface area contributed by atoms with Gasteiger partial charge >= 0.3 is 0 Å². The summed E-state index contributed by atoms with van der Waals surface area (Å²) in [4.78, 5) is 16.3. The molecule has 0 unspecified atom stereocenters. The summed E-state index contributed by atoms with van der Waals surface area (Å²) in [5, 5.41) is 9.67. The summed E-state index contributed by atoms with van der Waals surface area (Å²) in [5.74, 6) is 0.586. The minimum absolute atomic E-state index is 0.0892. The van der Waals surface area contributed by atoms with Gasteiger partial charge in [0.2, 0.25) is 5.91 Å². The Balaban J connectivity index is 2.50. The molecule has 3 N–H and O–H groups in total. The van der Waals surface area contributed by atoms with Gasteiger partial charge in [-0.2, -0.15) is 0 Å². The largest absolute Gasteiger partial charge is 0.357 e. The van der Waals surface area contributed by atoms with Gasteiger partial charge in [0.15, 0.2) is 5.96 Å². The normalized spacial score (nSPS) is 11.0. The van der Waals surface area contributed by atoms with Crippen molar-refractivity contribution in [3.63, 3.8) is 0 Å². The van der Waals surface area contributed by atoms with Crippen LogP contribution >= 0.6 is 11.6 Å². The Morgan fingerprint density at radius 1 is 1.41 bits per heavy atom. The summed E-state index contributed by atoms with van der Waals surface area (Å²) < 4.78 is 0. The fraction of sp³-hybridized carbons (Fsp3) is 0.375. The average Bonchev–Trinajstić information content (AvgIpc) is 2.49. The topological polar surface area (TPSA) is 65.5 Å². The van der Waals surface area contributed by atoms with E-state index in [9.17, 15) is 4.79 Å². The zero-order valence-corrected chi connectivity index (χ0v) is 13.8. The molecule has 1 amide bonds. The first-order valence-corrected chi connectivity index (χ1v) is 7.64. The minimum Gasteiger partial charge on any atom is -0.357 e. The lowest BCUT2D eigenvalue weighted by Gasteiger charge is -2.10. The highest BCUT2D eigenvalue weighted by Crippen LogP contribution is 2.22. The molecule has 0 atom stereocenters. The van der Waals surface area contributed by atoms with Gasteiger partial charge in [-0.3, -0.25) is 9.79 Å². The number of nitrogens with zero attached hydrogens (tertiary/aromatic N) is 1. The Morgan fingerprint density at radius 3 is 2.86 bits per heavy atom. The number of aliphatic imine (C=N–C) groups is 1. The lowest BCUT2D eigenvalue weighted by Crippen LogP contribution is -2.37. The smallest absolute Gasteiger partial charge is 0.226 e. The first-order valence-electron chi connectivity index (χ1n) is 7.26. The van der Waals surface area contributed by atoms with Gasteiger partial charge in [-0.15, -0.1) is 6.58 Å². The number of nitrogens with one attached hydrogen (secondary N) is 3. The van der Waals surface area contributed by atoms with Crippen LogP contribution in [0.1, 0.15) is 18.9 Å². The van der Waals surface area contributed by atoms with E-state index in [1.165, 1.54) is 0 Å². The van der Waals surface area contributed by atoms with E-state index in [-0.39, 0.29) is 5.91 Å². The van der Waals surface area contributed by atoms with Crippen LogP contribution in [0.25, 0.3) is 0 Å². The summed E-state index contributed by atoms with van der Waals surface area (Å²) in [6.45, 7) is 9.29. The number of amides is 1. The van der Waals surface area contributed by atoms with Crippen LogP contribution in [0.5, 0.6) is 0 Å². The Kier molecular flexibility index (Phi) is 8.07. The number of rotatable bonds is 7. The van der Waals surface area contributed by atoms with Gasteiger partial charge in [0.05, 0.1) is 6.54 Å². The van der Waals surface area contributed by atoms with Gasteiger partial charge in [0.1, 0.15) is 0 Å². The Hall–Kier alpha value is -2.01. The van der Waals surface area contributed by atoms with E-state index in [0.717, 1.165) is 17.8 Å². The van der Waals surface area contributed by atoms with E-state index < -0.39 is 0 Å². The molecule has 120 valence electrons. The molecular formula is C16H23ClN4O. The van der Waals surface area contributed by atoms with Gasteiger partial charge in [-0.1, -0.05) is 23.7 Å². The number of hydrogen-bond acceptors (Lipinski definition) is 2. The number of halogens is 1. The molecule has 1 aromatic carbocycles. The van der Waals surface area contributed by atoms with Gasteiger partial charge in [-0.05, 0) is 31.5 Å². The van der Waals surface area contributed by atoms with Gasteiger partial charge in [0.25, 0.3) is 0 Å². The molecule has 0 heterocycles. The Morgan fingerprint density at radius 2 is 2.18 bits per heavy atom. The molecular weight excluding hydrogens is 300 g/mol. The number of guanidine groups is 1. The third kappa shape index (κ3) is 6.18. The Bertz CT molecular complexity index is 543. The van der Waals surface area contributed by atoms with Gasteiger partial charge in [-0.25, -0.2) is 0 Å². The number of carbonyl (C=O) groups excluding carboxylic acids is 1. The first kappa shape index (κ1) is 18.0. The van der Waals surface area contributed by atoms with Crippen molar-refractivity contribution in [3.8, 4) is 0 Å². The van der Waals surface area contributed by atoms with E-state index in [1.54, 1.807) is 12.1 Å². The van der Waals surface area contributed by atoms with Crippen LogP contribution in [-0.4, -0.2) is 31.5 Å². The zero-order chi connectivity index (χ0) is 16.4. The molecule has 0 aromatic heterocycles. The van der Waals surface area contributed by atoms with Crippen LogP contribution in [0.15, 0.2) is 35.8 Å². The summed E-state index contributed by atoms with van der Waals surface area (Å²) in [6, 6.07) is 5.44. The molecule has 0 saturated heterocycles. The molecule has 0 spiro atoms. The first-order chi connectivity index (χ1) is 10.6. The molecule has 0 aliphatic heterocycles. The van der Waals surface area contributed by atoms with Crippen molar-refractivity contribution in [3.05, 3.63) is 41.4 Å². The van der Waals surface area contributed by atoms with E-state index >= 15 is 0 Å². The SMILES string of the molecule is C=CCNC(=NCCC(=O)Nc1cccc(Cl)c1C)NCC. The minimum atomic E-state index is -0.0892. The summed E-state index contributed by atoms with van der Waals surface area (Å²) in [5.41, 5.74) is 1.60. The van der Waals surface area contributed by atoms with Crippen molar-refractivity contribution >= 4 is 29.2 Å². The van der Waals surface area contributed by atoms with E-state index in [1.807, 2.05) is 26.0 Å². The molecule has 6 heteroatoms. The molecule has 0 saturated carbocycles. The number of carbonyl (C=O) groups is 1. The number of hydrogen-bond donors (Lipinski definition) is 3. The van der Waals surface area contributed by atoms with Crippen LogP contribution in [0.3, 0.4) is 0 Å². The van der Waals surface area contributed by atoms with E-state index in [2.05, 4.69) is 27.5 Å². The lowest BCUT2D eigenvalue weighted by molar-refractivity contribution is -0.116. The summed E-state index contributed by atoms with van der Waals surface area (Å²) in [6.07, 6.45) is 2.05. The summed E-state index contributed by atoms with van der Waals surface area (Å²) in [7, 11) is 0. The van der Waals surface area contributed by atoms with Crippen molar-refractivity contribution in [2.24, 2.45) is 4.99 Å². The van der Waals surface area contributed by atoms with Crippen molar-refractivity contribution in [1.29, 1.82) is 0 Å². The molecule has 0 radical (unpaired) electrons. The van der Waals surface area contributed by atoms with Crippen LogP contribution in [0, 0.1) is 6.92 Å². The van der Waals surface area contributed by atoms with Gasteiger partial charge in [0, 0.05) is 30.2 Å². The predicted octanol–water partition coefficient (Wildman–Crippen LogP) is 2.72. The lowest BCUT2D eigenvalue weighted by atomic mass is 10.2. The van der Waals surface area contributed by atoms with E-state index in [0.29, 0.717) is 30.5 Å². The van der Waals surface area contributed by atoms with Crippen molar-refractivity contribution in [2.45, 2.75) is 20.3 Å². The second-order valence-corrected chi connectivity index (χ2v) is 5.05. The van der Waals surface area contributed by atoms with Gasteiger partial charge < -0.3 is 16.0 Å². The molecule has 22 heavy (non-hydrogen) atoms. The maximum Gasteiger partial charge on any atom is 0.226 e. The van der Waals surface area contributed by atoms with Crippen molar-refractivity contribution < 1.29 is 4.79 Å². The third-order valence-corrected chi connectivity index (χ3v) is 3.32. The fourth-order valence-corrected chi connectivity index (χ4v) is 1.91. The quantitative estimate of drug-likeness (QED) is 0.411. The van der Waals surface area contributed by atoms with E-state index in [4.69, 9.17) is 11.6 Å². The monoisotopic (exact) mass is 322 g/mol. The molecule has 5 nitrogen and oxygen atoms in total. The second kappa shape index (κ2) is 9.84. The highest BCUT2D eigenvalue weighted by molar-refractivity contribution is 6.31. The molecule has 0 bridgehead atoms. The fourth-order valence-electron chi connectivity index (χ4n) is 1.74. The van der Waals surface area contributed by atoms with Crippen molar-refractivity contribution in [2.75, 3.05) is 25.0 Å². The highest BCUT2D eigenvalue weighted by atomic mass is 35.5. The standard InChI is InChI=1S/C16H23ClN4O/c1-4-10-19-16(18-5-2)20-11-9-15(22)21-14-8-6-7-13(17)12(14)3/h4,6-8H,1,5,9-11H2,2-3H3,(H,21,22)(H2,18,19,20). The third-order valence-electron chi connectivity index (χ3n) is 2.91. The molecule has 1 aromatic rings. The van der Waals surface area contributed by atoms with Crippen LogP contribution in [-0.2, 0) is 4.79 Å². The van der Waals surface area contributed by atoms with Crippen molar-refractivity contribution in [1.82, 2.24) is 10.6 Å². The van der Waals surface area contributed by atoms with Crippen LogP contribution in [0.2, 0.25) is 5.02 Å².